The molecule has 3 heterocycles. The van der Waals surface area contributed by atoms with Gasteiger partial charge in [-0.1, -0.05) is 30.3 Å². The molecule has 0 bridgehead atoms. The molecule has 1 atom stereocenters. The normalized spacial score (nSPS) is 12.1. The van der Waals surface area contributed by atoms with Gasteiger partial charge in [-0.15, -0.1) is 0 Å². The number of hydrogen-bond acceptors (Lipinski definition) is 6. The largest absolute Gasteiger partial charge is 0.357 e. The number of aromatic nitrogens is 4. The second-order valence-electron chi connectivity index (χ2n) is 6.83. The molecule has 0 fully saturated rings. The van der Waals surface area contributed by atoms with Crippen LogP contribution < -0.4 is 10.6 Å². The van der Waals surface area contributed by atoms with Gasteiger partial charge in [-0.05, 0) is 30.2 Å². The second-order valence-corrected chi connectivity index (χ2v) is 6.83. The van der Waals surface area contributed by atoms with E-state index in [9.17, 15) is 0 Å². The summed E-state index contributed by atoms with van der Waals surface area (Å²) in [7, 11) is 2.02. The number of anilines is 1. The van der Waals surface area contributed by atoms with Gasteiger partial charge in [0.05, 0.1) is 11.7 Å². The van der Waals surface area contributed by atoms with E-state index in [0.717, 1.165) is 28.7 Å². The monoisotopic (exact) mass is 370 g/mol. The van der Waals surface area contributed by atoms with Gasteiger partial charge in [0.25, 0.3) is 0 Å². The molecule has 1 aromatic carbocycles. The number of benzene rings is 1. The van der Waals surface area contributed by atoms with Gasteiger partial charge in [-0.25, -0.2) is 9.97 Å². The Balaban J connectivity index is 1.64. The molecule has 0 saturated heterocycles. The molecule has 0 aliphatic heterocycles. The molecule has 4 rings (SSSR count). The SMILES string of the molecule is CN(C[C@@H](N)Cc1ccccc1)c1nc(-c2ccncc2)nc2cnccc12. The van der Waals surface area contributed by atoms with Gasteiger partial charge >= 0.3 is 0 Å². The Hall–Kier alpha value is -3.38. The molecule has 6 heteroatoms. The molecule has 140 valence electrons. The highest BCUT2D eigenvalue weighted by Gasteiger charge is 2.15. The molecule has 2 N–H and O–H groups in total. The first-order valence-corrected chi connectivity index (χ1v) is 9.23. The molecule has 0 aliphatic rings. The summed E-state index contributed by atoms with van der Waals surface area (Å²) in [4.78, 5) is 19.9. The number of fused-ring (bicyclic) bond motifs is 1. The molecule has 6 nitrogen and oxygen atoms in total. The van der Waals surface area contributed by atoms with Gasteiger partial charge in [-0.2, -0.15) is 0 Å². The summed E-state index contributed by atoms with van der Waals surface area (Å²) in [6.45, 7) is 0.680. The predicted molar refractivity (Wildman–Crippen MR) is 112 cm³/mol. The average Bonchev–Trinajstić information content (AvgIpc) is 2.74. The van der Waals surface area contributed by atoms with Crippen molar-refractivity contribution in [1.29, 1.82) is 0 Å². The van der Waals surface area contributed by atoms with Crippen LogP contribution in [0.2, 0.25) is 0 Å². The van der Waals surface area contributed by atoms with Gasteiger partial charge < -0.3 is 10.6 Å². The molecule has 0 unspecified atom stereocenters. The summed E-state index contributed by atoms with van der Waals surface area (Å²) < 4.78 is 0. The van der Waals surface area contributed by atoms with E-state index in [-0.39, 0.29) is 6.04 Å². The van der Waals surface area contributed by atoms with Crippen LogP contribution in [0.1, 0.15) is 5.56 Å². The van der Waals surface area contributed by atoms with Crippen LogP contribution in [0.15, 0.2) is 73.3 Å². The molecule has 28 heavy (non-hydrogen) atoms. The Morgan fingerprint density at radius 3 is 2.46 bits per heavy atom. The highest BCUT2D eigenvalue weighted by atomic mass is 15.2. The number of hydrogen-bond donors (Lipinski definition) is 1. The van der Waals surface area contributed by atoms with E-state index in [0.29, 0.717) is 12.4 Å². The molecule has 0 amide bonds. The smallest absolute Gasteiger partial charge is 0.162 e. The Bertz CT molecular complexity index is 1050. The fourth-order valence-electron chi connectivity index (χ4n) is 3.30. The fourth-order valence-corrected chi connectivity index (χ4v) is 3.30. The highest BCUT2D eigenvalue weighted by Crippen LogP contribution is 2.26. The van der Waals surface area contributed by atoms with E-state index >= 15 is 0 Å². The third-order valence-corrected chi connectivity index (χ3v) is 4.63. The van der Waals surface area contributed by atoms with Crippen molar-refractivity contribution in [3.63, 3.8) is 0 Å². The summed E-state index contributed by atoms with van der Waals surface area (Å²) in [6, 6.07) is 16.0. The van der Waals surface area contributed by atoms with Crippen molar-refractivity contribution < 1.29 is 0 Å². The third-order valence-electron chi connectivity index (χ3n) is 4.63. The van der Waals surface area contributed by atoms with Gasteiger partial charge in [0, 0.05) is 49.2 Å². The molecule has 4 aromatic rings. The van der Waals surface area contributed by atoms with E-state index in [1.807, 2.05) is 43.4 Å². The van der Waals surface area contributed by atoms with E-state index in [2.05, 4.69) is 32.0 Å². The molecule has 3 aromatic heterocycles. The Kier molecular flexibility index (Phi) is 5.21. The minimum Gasteiger partial charge on any atom is -0.357 e. The van der Waals surface area contributed by atoms with Gasteiger partial charge in [0.15, 0.2) is 5.82 Å². The lowest BCUT2D eigenvalue weighted by atomic mass is 10.1. The maximum Gasteiger partial charge on any atom is 0.162 e. The number of pyridine rings is 2. The minimum absolute atomic E-state index is 0.0105. The standard InChI is InChI=1S/C22H22N6/c1-28(15-18(23)13-16-5-3-2-4-6-16)22-19-9-12-25-14-20(19)26-21(27-22)17-7-10-24-11-8-17/h2-12,14,18H,13,15,23H2,1H3/t18-/m0/s1. The quantitative estimate of drug-likeness (QED) is 0.562. The fraction of sp³-hybridized carbons (Fsp3) is 0.182. The van der Waals surface area contributed by atoms with Crippen LogP contribution in [0.4, 0.5) is 5.82 Å². The van der Waals surface area contributed by atoms with Crippen LogP contribution in [0.5, 0.6) is 0 Å². The Morgan fingerprint density at radius 2 is 1.68 bits per heavy atom. The third kappa shape index (κ3) is 3.97. The average molecular weight is 370 g/mol. The molecule has 0 radical (unpaired) electrons. The van der Waals surface area contributed by atoms with Crippen LogP contribution in [-0.4, -0.2) is 39.6 Å². The lowest BCUT2D eigenvalue weighted by molar-refractivity contribution is 0.653. The summed E-state index contributed by atoms with van der Waals surface area (Å²) >= 11 is 0. The number of nitrogens with two attached hydrogens (primary N) is 1. The van der Waals surface area contributed by atoms with Crippen molar-refractivity contribution in [1.82, 2.24) is 19.9 Å². The van der Waals surface area contributed by atoms with Crippen LogP contribution in [0.25, 0.3) is 22.3 Å². The summed E-state index contributed by atoms with van der Waals surface area (Å²) in [5, 5.41) is 0.960. The lowest BCUT2D eigenvalue weighted by Gasteiger charge is -2.24. The zero-order valence-electron chi connectivity index (χ0n) is 15.7. The lowest BCUT2D eigenvalue weighted by Crippen LogP contribution is -2.37. The Labute approximate surface area is 164 Å². The topological polar surface area (TPSA) is 80.8 Å². The van der Waals surface area contributed by atoms with E-state index in [1.165, 1.54) is 5.56 Å². The first kappa shape index (κ1) is 18.0. The van der Waals surface area contributed by atoms with E-state index in [1.54, 1.807) is 24.8 Å². The molecule has 0 saturated carbocycles. The van der Waals surface area contributed by atoms with Gasteiger partial charge in [0.2, 0.25) is 0 Å². The molecular weight excluding hydrogens is 348 g/mol. The maximum absolute atomic E-state index is 6.43. The van der Waals surface area contributed by atoms with Crippen molar-refractivity contribution in [2.45, 2.75) is 12.5 Å². The summed E-state index contributed by atoms with van der Waals surface area (Å²) in [6.07, 6.45) is 7.82. The molecular formula is C22H22N6. The van der Waals surface area contributed by atoms with Gasteiger partial charge in [-0.3, -0.25) is 9.97 Å². The van der Waals surface area contributed by atoms with Crippen LogP contribution in [-0.2, 0) is 6.42 Å². The van der Waals surface area contributed by atoms with Crippen molar-refractivity contribution >= 4 is 16.7 Å². The zero-order valence-corrected chi connectivity index (χ0v) is 15.7. The first-order chi connectivity index (χ1) is 13.7. The van der Waals surface area contributed by atoms with Crippen molar-refractivity contribution in [2.75, 3.05) is 18.5 Å². The maximum atomic E-state index is 6.43. The number of likely N-dealkylation sites (N-methyl/N-ethyl adjacent to an activating group) is 1. The van der Waals surface area contributed by atoms with Gasteiger partial charge in [0.1, 0.15) is 5.82 Å². The van der Waals surface area contributed by atoms with Crippen LogP contribution >= 0.6 is 0 Å². The molecule has 0 spiro atoms. The first-order valence-electron chi connectivity index (χ1n) is 9.23. The van der Waals surface area contributed by atoms with Crippen molar-refractivity contribution in [3.05, 3.63) is 78.9 Å². The Morgan fingerprint density at radius 1 is 0.929 bits per heavy atom. The van der Waals surface area contributed by atoms with E-state index < -0.39 is 0 Å². The van der Waals surface area contributed by atoms with Crippen LogP contribution in [0.3, 0.4) is 0 Å². The summed E-state index contributed by atoms with van der Waals surface area (Å²) in [5.41, 5.74) is 9.39. The zero-order chi connectivity index (χ0) is 19.3. The second kappa shape index (κ2) is 8.10. The molecule has 0 aliphatic carbocycles. The minimum atomic E-state index is -0.0105. The number of nitrogens with zero attached hydrogens (tertiary/aromatic N) is 5. The summed E-state index contributed by atoms with van der Waals surface area (Å²) in [5.74, 6) is 1.50. The van der Waals surface area contributed by atoms with Crippen molar-refractivity contribution in [2.24, 2.45) is 5.73 Å². The highest BCUT2D eigenvalue weighted by molar-refractivity contribution is 5.90. The predicted octanol–water partition coefficient (Wildman–Crippen LogP) is 3.09. The van der Waals surface area contributed by atoms with Crippen molar-refractivity contribution in [3.8, 4) is 11.4 Å². The van der Waals surface area contributed by atoms with Crippen LogP contribution in [0, 0.1) is 0 Å². The van der Waals surface area contributed by atoms with E-state index in [4.69, 9.17) is 10.7 Å². The number of rotatable bonds is 6.